The number of nitrogens with zero attached hydrogens (tertiary/aromatic N) is 3. The minimum absolute atomic E-state index is 0.0603. The molecule has 5 atom stereocenters. The van der Waals surface area contributed by atoms with Crippen molar-refractivity contribution in [1.82, 2.24) is 14.8 Å². The Morgan fingerprint density at radius 3 is 2.85 bits per heavy atom. The highest BCUT2D eigenvalue weighted by Gasteiger charge is 2.43. The van der Waals surface area contributed by atoms with Crippen LogP contribution in [0.5, 0.6) is 0 Å². The summed E-state index contributed by atoms with van der Waals surface area (Å²) in [6.45, 7) is 2.36. The first-order chi connectivity index (χ1) is 13.2. The second-order valence-corrected chi connectivity index (χ2v) is 10.7. The number of carbonyl (C=O) groups is 1. The van der Waals surface area contributed by atoms with Crippen molar-refractivity contribution in [1.29, 1.82) is 0 Å². The molecule has 2 aromatic heterocycles. The van der Waals surface area contributed by atoms with Crippen molar-refractivity contribution in [2.24, 2.45) is 17.8 Å². The average Bonchev–Trinajstić information content (AvgIpc) is 3.46. The Morgan fingerprint density at radius 2 is 2.15 bits per heavy atom. The number of thioether (sulfide) groups is 1. The number of rotatable bonds is 5. The molecule has 0 N–H and O–H groups in total. The predicted molar refractivity (Wildman–Crippen MR) is 110 cm³/mol. The molecule has 2 bridgehead atoms. The molecule has 5 unspecified atom stereocenters. The standard InChI is InChI=1S/C21H27N3OS2/c1-13(16-12-14-8-9-15(16)11-14)24-20(19-7-4-10-26-19)22-23-21(24)27-18-6-3-2-5-17(18)25/h4,7,10,13-16,18H,2-3,5-6,8-9,11-12H2,1H3. The third-order valence-electron chi connectivity index (χ3n) is 6.97. The lowest BCUT2D eigenvalue weighted by molar-refractivity contribution is -0.119. The topological polar surface area (TPSA) is 47.8 Å². The Balaban J connectivity index is 1.48. The molecular weight excluding hydrogens is 374 g/mol. The smallest absolute Gasteiger partial charge is 0.192 e. The fourth-order valence-electron chi connectivity index (χ4n) is 5.58. The number of aromatic nitrogens is 3. The van der Waals surface area contributed by atoms with E-state index in [1.807, 2.05) is 0 Å². The van der Waals surface area contributed by atoms with Crippen LogP contribution in [0.15, 0.2) is 22.7 Å². The maximum absolute atomic E-state index is 12.4. The Morgan fingerprint density at radius 1 is 1.22 bits per heavy atom. The average molecular weight is 402 g/mol. The summed E-state index contributed by atoms with van der Waals surface area (Å²) in [6, 6.07) is 4.62. The molecule has 6 heteroatoms. The van der Waals surface area contributed by atoms with Gasteiger partial charge in [0.25, 0.3) is 0 Å². The summed E-state index contributed by atoms with van der Waals surface area (Å²) in [6.07, 6.45) is 9.47. The monoisotopic (exact) mass is 401 g/mol. The summed E-state index contributed by atoms with van der Waals surface area (Å²) in [5.74, 6) is 3.90. The molecule has 3 aliphatic carbocycles. The lowest BCUT2D eigenvalue weighted by Gasteiger charge is -2.30. The zero-order valence-corrected chi connectivity index (χ0v) is 17.5. The largest absolute Gasteiger partial charge is 0.298 e. The molecule has 4 nitrogen and oxygen atoms in total. The highest BCUT2D eigenvalue weighted by atomic mass is 32.2. The van der Waals surface area contributed by atoms with E-state index < -0.39 is 0 Å². The third-order valence-corrected chi connectivity index (χ3v) is 9.11. The van der Waals surface area contributed by atoms with Gasteiger partial charge in [0.15, 0.2) is 11.0 Å². The third kappa shape index (κ3) is 3.29. The maximum atomic E-state index is 12.4. The van der Waals surface area contributed by atoms with Crippen LogP contribution in [-0.2, 0) is 4.79 Å². The van der Waals surface area contributed by atoms with Gasteiger partial charge in [0.05, 0.1) is 10.1 Å². The zero-order chi connectivity index (χ0) is 18.4. The molecule has 0 aromatic carbocycles. The quantitative estimate of drug-likeness (QED) is 0.653. The van der Waals surface area contributed by atoms with Gasteiger partial charge in [-0.25, -0.2) is 0 Å². The van der Waals surface area contributed by atoms with Crippen LogP contribution in [0.1, 0.15) is 64.3 Å². The van der Waals surface area contributed by atoms with E-state index in [4.69, 9.17) is 0 Å². The van der Waals surface area contributed by atoms with Gasteiger partial charge in [0.1, 0.15) is 5.78 Å². The fraction of sp³-hybridized carbons (Fsp3) is 0.667. The van der Waals surface area contributed by atoms with Crippen LogP contribution >= 0.6 is 23.1 Å². The maximum Gasteiger partial charge on any atom is 0.192 e. The van der Waals surface area contributed by atoms with E-state index in [2.05, 4.69) is 39.2 Å². The molecule has 27 heavy (non-hydrogen) atoms. The van der Waals surface area contributed by atoms with Crippen LogP contribution in [0.25, 0.3) is 10.7 Å². The molecule has 5 rings (SSSR count). The van der Waals surface area contributed by atoms with Gasteiger partial charge in [-0.2, -0.15) is 0 Å². The molecule has 144 valence electrons. The minimum atomic E-state index is 0.0603. The number of thiophene rings is 1. The second-order valence-electron chi connectivity index (χ2n) is 8.55. The van der Waals surface area contributed by atoms with Crippen LogP contribution in [0, 0.1) is 17.8 Å². The first kappa shape index (κ1) is 17.9. The Labute approximate surface area is 169 Å². The Hall–Kier alpha value is -1.14. The SMILES string of the molecule is CC(C1CC2CCC1C2)n1c(SC2CCCCC2=O)nnc1-c1cccs1. The van der Waals surface area contributed by atoms with Crippen LogP contribution in [-0.4, -0.2) is 25.8 Å². The molecule has 3 fully saturated rings. The van der Waals surface area contributed by atoms with Gasteiger partial charge in [-0.05, 0) is 68.2 Å². The normalized spacial score (nSPS) is 31.5. The molecule has 0 saturated heterocycles. The molecule has 0 aliphatic heterocycles. The molecule has 2 aromatic rings. The van der Waals surface area contributed by atoms with Crippen LogP contribution in [0.2, 0.25) is 0 Å². The van der Waals surface area contributed by atoms with Crippen LogP contribution < -0.4 is 0 Å². The van der Waals surface area contributed by atoms with Crippen molar-refractivity contribution in [3.05, 3.63) is 17.5 Å². The van der Waals surface area contributed by atoms with Gasteiger partial charge in [-0.1, -0.05) is 30.7 Å². The van der Waals surface area contributed by atoms with E-state index in [-0.39, 0.29) is 5.25 Å². The van der Waals surface area contributed by atoms with Gasteiger partial charge in [0.2, 0.25) is 0 Å². The molecule has 0 amide bonds. The van der Waals surface area contributed by atoms with E-state index in [1.54, 1.807) is 23.1 Å². The van der Waals surface area contributed by atoms with E-state index in [1.165, 1.54) is 30.6 Å². The number of ketones is 1. The van der Waals surface area contributed by atoms with Crippen LogP contribution in [0.4, 0.5) is 0 Å². The molecular formula is C21H27N3OS2. The van der Waals surface area contributed by atoms with E-state index >= 15 is 0 Å². The number of fused-ring (bicyclic) bond motifs is 2. The van der Waals surface area contributed by atoms with Gasteiger partial charge < -0.3 is 0 Å². The minimum Gasteiger partial charge on any atom is -0.298 e. The molecule has 3 saturated carbocycles. The zero-order valence-electron chi connectivity index (χ0n) is 15.8. The fourth-order valence-corrected chi connectivity index (χ4v) is 7.53. The molecule has 0 radical (unpaired) electrons. The van der Waals surface area contributed by atoms with Gasteiger partial charge in [-0.15, -0.1) is 21.5 Å². The lowest BCUT2D eigenvalue weighted by Crippen LogP contribution is -2.25. The molecule has 3 aliphatic rings. The highest BCUT2D eigenvalue weighted by molar-refractivity contribution is 8.00. The van der Waals surface area contributed by atoms with Crippen LogP contribution in [0.3, 0.4) is 0 Å². The summed E-state index contributed by atoms with van der Waals surface area (Å²) in [7, 11) is 0. The van der Waals surface area contributed by atoms with Gasteiger partial charge in [-0.3, -0.25) is 9.36 Å². The van der Waals surface area contributed by atoms with E-state index in [9.17, 15) is 4.79 Å². The van der Waals surface area contributed by atoms with Crippen molar-refractivity contribution in [3.63, 3.8) is 0 Å². The summed E-state index contributed by atoms with van der Waals surface area (Å²) in [5, 5.41) is 12.3. The molecule has 2 heterocycles. The summed E-state index contributed by atoms with van der Waals surface area (Å²) in [4.78, 5) is 13.6. The summed E-state index contributed by atoms with van der Waals surface area (Å²) >= 11 is 3.39. The Kier molecular flexibility index (Phi) is 4.88. The predicted octanol–water partition coefficient (Wildman–Crippen LogP) is 5.61. The summed E-state index contributed by atoms with van der Waals surface area (Å²) in [5.41, 5.74) is 0. The number of Topliss-reactive ketones (excluding diaryl/α,β-unsaturated/α-hetero) is 1. The summed E-state index contributed by atoms with van der Waals surface area (Å²) < 4.78 is 2.38. The van der Waals surface area contributed by atoms with Crippen molar-refractivity contribution >= 4 is 28.9 Å². The number of hydrogen-bond donors (Lipinski definition) is 0. The van der Waals surface area contributed by atoms with Crippen molar-refractivity contribution in [2.75, 3.05) is 0 Å². The highest BCUT2D eigenvalue weighted by Crippen LogP contribution is 2.53. The van der Waals surface area contributed by atoms with Gasteiger partial charge in [0, 0.05) is 12.5 Å². The second kappa shape index (κ2) is 7.36. The van der Waals surface area contributed by atoms with Crippen molar-refractivity contribution < 1.29 is 4.79 Å². The first-order valence-corrected chi connectivity index (χ1v) is 12.1. The number of hydrogen-bond acceptors (Lipinski definition) is 5. The van der Waals surface area contributed by atoms with Crippen molar-refractivity contribution in [2.45, 2.75) is 74.7 Å². The first-order valence-electron chi connectivity index (χ1n) is 10.4. The Bertz CT molecular complexity index is 816. The van der Waals surface area contributed by atoms with Gasteiger partial charge >= 0.3 is 0 Å². The van der Waals surface area contributed by atoms with E-state index in [0.717, 1.165) is 54.4 Å². The van der Waals surface area contributed by atoms with E-state index in [0.29, 0.717) is 11.8 Å². The van der Waals surface area contributed by atoms with Crippen molar-refractivity contribution in [3.8, 4) is 10.7 Å². The lowest BCUT2D eigenvalue weighted by atomic mass is 9.84. The molecule has 0 spiro atoms. The number of carbonyl (C=O) groups excluding carboxylic acids is 1.